The first kappa shape index (κ1) is 17.0. The summed E-state index contributed by atoms with van der Waals surface area (Å²) in [5, 5.41) is 10.8. The zero-order valence-corrected chi connectivity index (χ0v) is 14.1. The third kappa shape index (κ3) is 3.78. The fraction of sp³-hybridized carbons (Fsp3) is 0.579. The molecule has 3 rings (SSSR count). The van der Waals surface area contributed by atoms with E-state index in [4.69, 9.17) is 0 Å². The highest BCUT2D eigenvalue weighted by molar-refractivity contribution is 5.79. The van der Waals surface area contributed by atoms with Crippen LogP contribution in [0, 0.1) is 0 Å². The Balaban J connectivity index is 1.54. The standard InChI is InChI=1S/C19H26N2O3/c22-17-9-5-2-6-12-20(17)13-10-18(23)21-14-11-19(24,15-21)16-7-3-1-4-8-16/h1,3-4,7-8,24H,2,5-6,9-15H2/t19-/m1/s1. The molecule has 1 atom stereocenters. The van der Waals surface area contributed by atoms with Gasteiger partial charge in [-0.15, -0.1) is 0 Å². The minimum atomic E-state index is -0.949. The second-order valence-electron chi connectivity index (χ2n) is 6.90. The quantitative estimate of drug-likeness (QED) is 0.917. The zero-order chi connectivity index (χ0) is 17.0. The average molecular weight is 330 g/mol. The van der Waals surface area contributed by atoms with Crippen molar-refractivity contribution in [2.75, 3.05) is 26.2 Å². The number of β-amino-alcohol motifs (C(OH)–C–C–N with tert-alkyl or cyclic N) is 1. The first-order chi connectivity index (χ1) is 11.6. The highest BCUT2D eigenvalue weighted by Gasteiger charge is 2.39. The minimum Gasteiger partial charge on any atom is -0.383 e. The third-order valence-corrected chi connectivity index (χ3v) is 5.18. The maximum Gasteiger partial charge on any atom is 0.224 e. The Morgan fingerprint density at radius 2 is 1.92 bits per heavy atom. The van der Waals surface area contributed by atoms with E-state index < -0.39 is 5.60 Å². The van der Waals surface area contributed by atoms with Gasteiger partial charge in [-0.05, 0) is 24.8 Å². The van der Waals surface area contributed by atoms with Crippen LogP contribution < -0.4 is 0 Å². The third-order valence-electron chi connectivity index (χ3n) is 5.18. The van der Waals surface area contributed by atoms with E-state index >= 15 is 0 Å². The molecule has 5 nitrogen and oxygen atoms in total. The molecule has 0 unspecified atom stereocenters. The van der Waals surface area contributed by atoms with Gasteiger partial charge < -0.3 is 14.9 Å². The lowest BCUT2D eigenvalue weighted by atomic mass is 9.93. The van der Waals surface area contributed by atoms with Crippen molar-refractivity contribution in [2.24, 2.45) is 0 Å². The van der Waals surface area contributed by atoms with Crippen molar-refractivity contribution in [1.29, 1.82) is 0 Å². The molecule has 2 amide bonds. The van der Waals surface area contributed by atoms with E-state index in [1.165, 1.54) is 0 Å². The maximum atomic E-state index is 12.5. The molecule has 130 valence electrons. The Hall–Kier alpha value is -1.88. The molecule has 2 fully saturated rings. The number of carbonyl (C=O) groups excluding carboxylic acids is 2. The molecule has 0 bridgehead atoms. The number of rotatable bonds is 4. The van der Waals surface area contributed by atoms with Crippen molar-refractivity contribution >= 4 is 11.8 Å². The van der Waals surface area contributed by atoms with Crippen LogP contribution in [0.3, 0.4) is 0 Å². The van der Waals surface area contributed by atoms with Crippen LogP contribution in [0.25, 0.3) is 0 Å². The lowest BCUT2D eigenvalue weighted by Gasteiger charge is -2.25. The van der Waals surface area contributed by atoms with Crippen molar-refractivity contribution < 1.29 is 14.7 Å². The van der Waals surface area contributed by atoms with Gasteiger partial charge >= 0.3 is 0 Å². The molecular weight excluding hydrogens is 304 g/mol. The van der Waals surface area contributed by atoms with Gasteiger partial charge in [-0.3, -0.25) is 9.59 Å². The predicted octanol–water partition coefficient (Wildman–Crippen LogP) is 1.90. The van der Waals surface area contributed by atoms with Crippen molar-refractivity contribution in [1.82, 2.24) is 9.80 Å². The van der Waals surface area contributed by atoms with Crippen molar-refractivity contribution in [2.45, 2.75) is 44.1 Å². The van der Waals surface area contributed by atoms with E-state index in [9.17, 15) is 14.7 Å². The number of hydrogen-bond acceptors (Lipinski definition) is 3. The SMILES string of the molecule is O=C1CCCCCN1CCC(=O)N1CC[C@](O)(c2ccccc2)C1. The Bertz CT molecular complexity index is 590. The Labute approximate surface area is 143 Å². The number of carbonyl (C=O) groups is 2. The number of benzene rings is 1. The molecule has 2 aliphatic heterocycles. The van der Waals surface area contributed by atoms with E-state index in [2.05, 4.69) is 0 Å². The Kier molecular flexibility index (Phi) is 5.19. The fourth-order valence-corrected chi connectivity index (χ4v) is 3.65. The number of nitrogens with zero attached hydrogens (tertiary/aromatic N) is 2. The van der Waals surface area contributed by atoms with Gasteiger partial charge in [0.2, 0.25) is 11.8 Å². The van der Waals surface area contributed by atoms with E-state index in [0.717, 1.165) is 31.4 Å². The van der Waals surface area contributed by atoms with Gasteiger partial charge in [0.25, 0.3) is 0 Å². The molecule has 1 aromatic rings. The summed E-state index contributed by atoms with van der Waals surface area (Å²) in [7, 11) is 0. The molecule has 2 aliphatic rings. The van der Waals surface area contributed by atoms with E-state index in [1.807, 2.05) is 35.2 Å². The van der Waals surface area contributed by atoms with Gasteiger partial charge in [-0.2, -0.15) is 0 Å². The van der Waals surface area contributed by atoms with E-state index in [1.54, 1.807) is 4.90 Å². The fourth-order valence-electron chi connectivity index (χ4n) is 3.65. The van der Waals surface area contributed by atoms with Crippen molar-refractivity contribution in [3.8, 4) is 0 Å². The maximum absolute atomic E-state index is 12.5. The minimum absolute atomic E-state index is 0.0268. The number of likely N-dealkylation sites (tertiary alicyclic amines) is 2. The summed E-state index contributed by atoms with van der Waals surface area (Å²) < 4.78 is 0. The van der Waals surface area contributed by atoms with Crippen molar-refractivity contribution in [3.05, 3.63) is 35.9 Å². The smallest absolute Gasteiger partial charge is 0.224 e. The number of hydrogen-bond donors (Lipinski definition) is 1. The molecule has 0 saturated carbocycles. The average Bonchev–Trinajstić information content (AvgIpc) is 2.89. The summed E-state index contributed by atoms with van der Waals surface area (Å²) in [5.74, 6) is 0.196. The monoisotopic (exact) mass is 330 g/mol. The topological polar surface area (TPSA) is 60.9 Å². The summed E-state index contributed by atoms with van der Waals surface area (Å²) >= 11 is 0. The van der Waals surface area contributed by atoms with Crippen LogP contribution in [0.4, 0.5) is 0 Å². The highest BCUT2D eigenvalue weighted by Crippen LogP contribution is 2.32. The molecule has 2 heterocycles. The van der Waals surface area contributed by atoms with Gasteiger partial charge in [0.1, 0.15) is 5.60 Å². The first-order valence-electron chi connectivity index (χ1n) is 8.92. The van der Waals surface area contributed by atoms with Crippen LogP contribution in [0.2, 0.25) is 0 Å². The van der Waals surface area contributed by atoms with Gasteiger partial charge in [0.15, 0.2) is 0 Å². The molecule has 0 radical (unpaired) electrons. The Morgan fingerprint density at radius 1 is 1.12 bits per heavy atom. The molecule has 5 heteroatoms. The highest BCUT2D eigenvalue weighted by atomic mass is 16.3. The molecule has 0 aliphatic carbocycles. The summed E-state index contributed by atoms with van der Waals surface area (Å²) in [5.41, 5.74) is -0.0852. The summed E-state index contributed by atoms with van der Waals surface area (Å²) in [6.45, 7) is 2.17. The zero-order valence-electron chi connectivity index (χ0n) is 14.1. The molecular formula is C19H26N2O3. The first-order valence-corrected chi connectivity index (χ1v) is 8.92. The van der Waals surface area contributed by atoms with Gasteiger partial charge in [-0.1, -0.05) is 36.8 Å². The van der Waals surface area contributed by atoms with Gasteiger partial charge in [-0.25, -0.2) is 0 Å². The van der Waals surface area contributed by atoms with Crippen LogP contribution in [-0.2, 0) is 15.2 Å². The lowest BCUT2D eigenvalue weighted by molar-refractivity contribution is -0.134. The lowest BCUT2D eigenvalue weighted by Crippen LogP contribution is -2.38. The number of aliphatic hydroxyl groups is 1. The van der Waals surface area contributed by atoms with E-state index in [-0.39, 0.29) is 11.8 Å². The second-order valence-corrected chi connectivity index (χ2v) is 6.90. The van der Waals surface area contributed by atoms with Crippen LogP contribution in [0.15, 0.2) is 30.3 Å². The second kappa shape index (κ2) is 7.34. The van der Waals surface area contributed by atoms with E-state index in [0.29, 0.717) is 38.9 Å². The van der Waals surface area contributed by atoms with Gasteiger partial charge in [0.05, 0.1) is 6.54 Å². The normalized spacial score (nSPS) is 25.0. The van der Waals surface area contributed by atoms with Crippen LogP contribution in [0.1, 0.15) is 44.1 Å². The Morgan fingerprint density at radius 3 is 2.71 bits per heavy atom. The molecule has 24 heavy (non-hydrogen) atoms. The molecule has 1 aromatic carbocycles. The molecule has 0 aromatic heterocycles. The molecule has 1 N–H and O–H groups in total. The largest absolute Gasteiger partial charge is 0.383 e. The summed E-state index contributed by atoms with van der Waals surface area (Å²) in [6.07, 6.45) is 4.58. The van der Waals surface area contributed by atoms with Gasteiger partial charge in [0, 0.05) is 32.5 Å². The predicted molar refractivity (Wildman–Crippen MR) is 91.2 cm³/mol. The van der Waals surface area contributed by atoms with Crippen LogP contribution >= 0.6 is 0 Å². The van der Waals surface area contributed by atoms with Crippen LogP contribution in [0.5, 0.6) is 0 Å². The summed E-state index contributed by atoms with van der Waals surface area (Å²) in [4.78, 5) is 28.0. The van der Waals surface area contributed by atoms with Crippen LogP contribution in [-0.4, -0.2) is 52.9 Å². The molecule has 2 saturated heterocycles. The summed E-state index contributed by atoms with van der Waals surface area (Å²) in [6, 6.07) is 9.54. The number of amides is 2. The molecule has 0 spiro atoms. The van der Waals surface area contributed by atoms with Crippen molar-refractivity contribution in [3.63, 3.8) is 0 Å².